The molecule has 0 aromatic heterocycles. The van der Waals surface area contributed by atoms with E-state index in [1.807, 2.05) is 18.2 Å². The molecule has 0 aliphatic carbocycles. The van der Waals surface area contributed by atoms with Crippen molar-refractivity contribution in [3.8, 4) is 11.5 Å². The summed E-state index contributed by atoms with van der Waals surface area (Å²) in [6.45, 7) is 16.1. The van der Waals surface area contributed by atoms with Crippen molar-refractivity contribution in [1.29, 1.82) is 0 Å². The Morgan fingerprint density at radius 1 is 1.07 bits per heavy atom. The first kappa shape index (κ1) is 23.7. The molecule has 1 aromatic carbocycles. The standard InChI is InChI=1S/C22H38O4Si/c1-17(2)22(16-23,13-10-14-26-27(8,9)21(3,4)5)18-11-12-19(24-6)20(15-18)25-7/h11-12,15-17H,10,13-14H2,1-9H3/t22-/m0/s1. The second-order valence-corrected chi connectivity index (χ2v) is 13.9. The number of benzene rings is 1. The molecule has 0 spiro atoms. The van der Waals surface area contributed by atoms with Crippen LogP contribution in [0.15, 0.2) is 18.2 Å². The van der Waals surface area contributed by atoms with Crippen LogP contribution < -0.4 is 9.47 Å². The molecular formula is C22H38O4Si. The first-order valence-corrected chi connectivity index (χ1v) is 12.7. The molecule has 5 heteroatoms. The van der Waals surface area contributed by atoms with Crippen molar-refractivity contribution in [2.75, 3.05) is 20.8 Å². The summed E-state index contributed by atoms with van der Waals surface area (Å²) in [5.74, 6) is 1.49. The van der Waals surface area contributed by atoms with Crippen molar-refractivity contribution in [3.05, 3.63) is 23.8 Å². The van der Waals surface area contributed by atoms with E-state index in [1.54, 1.807) is 14.2 Å². The fourth-order valence-electron chi connectivity index (χ4n) is 3.06. The topological polar surface area (TPSA) is 44.8 Å². The van der Waals surface area contributed by atoms with Gasteiger partial charge in [-0.3, -0.25) is 0 Å². The Balaban J connectivity index is 3.01. The van der Waals surface area contributed by atoms with E-state index in [4.69, 9.17) is 13.9 Å². The van der Waals surface area contributed by atoms with Gasteiger partial charge >= 0.3 is 0 Å². The van der Waals surface area contributed by atoms with Crippen molar-refractivity contribution in [3.63, 3.8) is 0 Å². The van der Waals surface area contributed by atoms with Gasteiger partial charge in [-0.25, -0.2) is 0 Å². The zero-order chi connectivity index (χ0) is 20.9. The Hall–Kier alpha value is -1.33. The second kappa shape index (κ2) is 9.24. The van der Waals surface area contributed by atoms with Crippen LogP contribution in [0.4, 0.5) is 0 Å². The van der Waals surface area contributed by atoms with Gasteiger partial charge in [-0.15, -0.1) is 0 Å². The smallest absolute Gasteiger partial charge is 0.191 e. The van der Waals surface area contributed by atoms with Crippen LogP contribution in [0.5, 0.6) is 11.5 Å². The minimum absolute atomic E-state index is 0.168. The molecule has 0 heterocycles. The van der Waals surface area contributed by atoms with Gasteiger partial charge in [0.05, 0.1) is 19.6 Å². The van der Waals surface area contributed by atoms with Gasteiger partial charge < -0.3 is 18.7 Å². The van der Waals surface area contributed by atoms with Crippen molar-refractivity contribution in [2.24, 2.45) is 5.92 Å². The lowest BCUT2D eigenvalue weighted by Crippen LogP contribution is -2.41. The molecule has 27 heavy (non-hydrogen) atoms. The summed E-state index contributed by atoms with van der Waals surface area (Å²) in [7, 11) is 1.46. The first-order valence-electron chi connectivity index (χ1n) is 9.78. The van der Waals surface area contributed by atoms with Gasteiger partial charge in [0.25, 0.3) is 0 Å². The normalized spacial score (nSPS) is 14.7. The monoisotopic (exact) mass is 394 g/mol. The molecule has 0 aliphatic rings. The van der Waals surface area contributed by atoms with E-state index in [0.29, 0.717) is 18.1 Å². The van der Waals surface area contributed by atoms with Gasteiger partial charge in [0.1, 0.15) is 6.29 Å². The highest BCUT2D eigenvalue weighted by Gasteiger charge is 2.38. The van der Waals surface area contributed by atoms with Gasteiger partial charge in [-0.1, -0.05) is 40.7 Å². The van der Waals surface area contributed by atoms with Crippen LogP contribution in [-0.4, -0.2) is 35.4 Å². The molecule has 0 saturated carbocycles. The maximum atomic E-state index is 12.3. The summed E-state index contributed by atoms with van der Waals surface area (Å²) in [5.41, 5.74) is 0.411. The molecular weight excluding hydrogens is 356 g/mol. The van der Waals surface area contributed by atoms with Crippen LogP contribution in [0.1, 0.15) is 53.0 Å². The molecule has 154 valence electrons. The number of carbonyl (C=O) groups is 1. The molecule has 0 saturated heterocycles. The van der Waals surface area contributed by atoms with E-state index < -0.39 is 13.7 Å². The first-order chi connectivity index (χ1) is 12.4. The lowest BCUT2D eigenvalue weighted by atomic mass is 9.70. The molecule has 0 bridgehead atoms. The Labute approximate surface area is 166 Å². The lowest BCUT2D eigenvalue weighted by Gasteiger charge is -2.37. The van der Waals surface area contributed by atoms with Crippen LogP contribution in [0.25, 0.3) is 0 Å². The molecule has 0 N–H and O–H groups in total. The zero-order valence-electron chi connectivity index (χ0n) is 18.6. The highest BCUT2D eigenvalue weighted by Crippen LogP contribution is 2.40. The van der Waals surface area contributed by atoms with Gasteiger partial charge in [-0.05, 0) is 54.6 Å². The Morgan fingerprint density at radius 3 is 2.11 bits per heavy atom. The second-order valence-electron chi connectivity index (χ2n) is 9.10. The summed E-state index contributed by atoms with van der Waals surface area (Å²) >= 11 is 0. The Bertz CT molecular complexity index is 619. The van der Waals surface area contributed by atoms with Crippen LogP contribution in [-0.2, 0) is 14.6 Å². The minimum Gasteiger partial charge on any atom is -0.493 e. The van der Waals surface area contributed by atoms with Crippen molar-refractivity contribution < 1.29 is 18.7 Å². The van der Waals surface area contributed by atoms with Crippen LogP contribution in [0, 0.1) is 5.92 Å². The predicted octanol–water partition coefficient (Wildman–Crippen LogP) is 5.60. The number of ether oxygens (including phenoxy) is 2. The fourth-order valence-corrected chi connectivity index (χ4v) is 4.15. The highest BCUT2D eigenvalue weighted by molar-refractivity contribution is 6.74. The van der Waals surface area contributed by atoms with E-state index in [9.17, 15) is 4.79 Å². The molecule has 4 nitrogen and oxygen atoms in total. The molecule has 0 unspecified atom stereocenters. The van der Waals surface area contributed by atoms with Crippen LogP contribution >= 0.6 is 0 Å². The van der Waals surface area contributed by atoms with E-state index in [2.05, 4.69) is 47.7 Å². The molecule has 0 aliphatic heterocycles. The average Bonchev–Trinajstić information content (AvgIpc) is 2.60. The Kier molecular flexibility index (Phi) is 8.11. The molecule has 0 radical (unpaired) electrons. The predicted molar refractivity (Wildman–Crippen MR) is 115 cm³/mol. The summed E-state index contributed by atoms with van der Waals surface area (Å²) in [6.07, 6.45) is 2.70. The van der Waals surface area contributed by atoms with Gasteiger partial charge in [0.2, 0.25) is 0 Å². The summed E-state index contributed by atoms with van der Waals surface area (Å²) in [5, 5.41) is 0.191. The van der Waals surface area contributed by atoms with Gasteiger partial charge in [0.15, 0.2) is 19.8 Å². The number of rotatable bonds is 10. The van der Waals surface area contributed by atoms with E-state index in [-0.39, 0.29) is 11.0 Å². The number of carbonyl (C=O) groups excluding carboxylic acids is 1. The SMILES string of the molecule is COc1ccc([C@](C=O)(CCCO[Si](C)(C)C(C)(C)C)C(C)C)cc1OC. The van der Waals surface area contributed by atoms with Crippen molar-refractivity contribution >= 4 is 14.6 Å². The number of hydrogen-bond acceptors (Lipinski definition) is 4. The maximum Gasteiger partial charge on any atom is 0.191 e. The van der Waals surface area contributed by atoms with Gasteiger partial charge in [0, 0.05) is 6.61 Å². The third-order valence-corrected chi connectivity index (χ3v) is 10.7. The van der Waals surface area contributed by atoms with E-state index in [1.165, 1.54) is 0 Å². The third-order valence-electron chi connectivity index (χ3n) is 6.17. The molecule has 0 amide bonds. The quantitative estimate of drug-likeness (QED) is 0.294. The van der Waals surface area contributed by atoms with Crippen molar-refractivity contribution in [2.45, 2.75) is 71.0 Å². The van der Waals surface area contributed by atoms with Gasteiger partial charge in [-0.2, -0.15) is 0 Å². The van der Waals surface area contributed by atoms with Crippen molar-refractivity contribution in [1.82, 2.24) is 0 Å². The largest absolute Gasteiger partial charge is 0.493 e. The molecule has 0 fully saturated rings. The number of hydrogen-bond donors (Lipinski definition) is 0. The molecule has 1 rings (SSSR count). The molecule has 1 aromatic rings. The molecule has 1 atom stereocenters. The van der Waals surface area contributed by atoms with E-state index in [0.717, 1.165) is 24.7 Å². The summed E-state index contributed by atoms with van der Waals surface area (Å²) < 4.78 is 17.1. The average molecular weight is 395 g/mol. The lowest BCUT2D eigenvalue weighted by molar-refractivity contribution is -0.114. The summed E-state index contributed by atoms with van der Waals surface area (Å²) in [4.78, 5) is 12.3. The summed E-state index contributed by atoms with van der Waals surface area (Å²) in [6, 6.07) is 5.79. The maximum absolute atomic E-state index is 12.3. The Morgan fingerprint density at radius 2 is 1.67 bits per heavy atom. The highest BCUT2D eigenvalue weighted by atomic mass is 28.4. The third kappa shape index (κ3) is 5.35. The van der Waals surface area contributed by atoms with E-state index >= 15 is 0 Å². The van der Waals surface area contributed by atoms with Crippen LogP contribution in [0.3, 0.4) is 0 Å². The zero-order valence-corrected chi connectivity index (χ0v) is 19.6. The van der Waals surface area contributed by atoms with Crippen LogP contribution in [0.2, 0.25) is 18.1 Å². The fraction of sp³-hybridized carbons (Fsp3) is 0.682. The number of aldehydes is 1. The number of methoxy groups -OCH3 is 2. The minimum atomic E-state index is -1.77.